The van der Waals surface area contributed by atoms with E-state index in [0.29, 0.717) is 5.92 Å². The largest absolute Gasteiger partial charge is 0.351 e. The van der Waals surface area contributed by atoms with Crippen LogP contribution < -0.4 is 10.6 Å². The van der Waals surface area contributed by atoms with E-state index in [1.54, 1.807) is 0 Å². The van der Waals surface area contributed by atoms with Gasteiger partial charge in [-0.05, 0) is 49.4 Å². The van der Waals surface area contributed by atoms with Crippen LogP contribution in [0, 0.1) is 5.92 Å². The molecule has 4 heteroatoms. The average Bonchev–Trinajstić information content (AvgIpc) is 3.23. The summed E-state index contributed by atoms with van der Waals surface area (Å²) in [6, 6.07) is 8.43. The first kappa shape index (κ1) is 14.1. The molecule has 1 aromatic carbocycles. The van der Waals surface area contributed by atoms with Crippen LogP contribution in [0.25, 0.3) is 0 Å². The molecule has 20 heavy (non-hydrogen) atoms. The van der Waals surface area contributed by atoms with Crippen LogP contribution in [0.15, 0.2) is 28.7 Å². The molecule has 1 aliphatic heterocycles. The van der Waals surface area contributed by atoms with E-state index in [9.17, 15) is 4.79 Å². The van der Waals surface area contributed by atoms with Gasteiger partial charge in [0.25, 0.3) is 0 Å². The molecule has 1 saturated carbocycles. The Bertz CT molecular complexity index is 513. The van der Waals surface area contributed by atoms with E-state index in [0.717, 1.165) is 42.4 Å². The summed E-state index contributed by atoms with van der Waals surface area (Å²) in [4.78, 5) is 12.7. The van der Waals surface area contributed by atoms with Crippen molar-refractivity contribution in [2.45, 2.75) is 37.6 Å². The van der Waals surface area contributed by atoms with Crippen LogP contribution in [0.5, 0.6) is 0 Å². The van der Waals surface area contributed by atoms with E-state index in [2.05, 4.69) is 45.6 Å². The summed E-state index contributed by atoms with van der Waals surface area (Å²) in [5.41, 5.74) is 0.863. The summed E-state index contributed by atoms with van der Waals surface area (Å²) in [6.45, 7) is 4.18. The standard InChI is InChI=1S/C16H21BrN2O/c1-11-5-8-18-10-14(11)19-15(20)16(6-7-16)12-3-2-4-13(17)9-12/h2-4,9,11,14,18H,5-8,10H2,1H3,(H,19,20). The molecule has 0 spiro atoms. The molecule has 0 bridgehead atoms. The van der Waals surface area contributed by atoms with Crippen molar-refractivity contribution in [2.75, 3.05) is 13.1 Å². The number of rotatable bonds is 3. The van der Waals surface area contributed by atoms with Gasteiger partial charge in [-0.25, -0.2) is 0 Å². The Labute approximate surface area is 128 Å². The highest BCUT2D eigenvalue weighted by molar-refractivity contribution is 9.10. The first-order valence-electron chi connectivity index (χ1n) is 7.39. The molecule has 3 rings (SSSR count). The molecule has 1 aromatic rings. The van der Waals surface area contributed by atoms with Crippen molar-refractivity contribution in [1.82, 2.24) is 10.6 Å². The van der Waals surface area contributed by atoms with E-state index < -0.39 is 0 Å². The zero-order chi connectivity index (χ0) is 14.2. The minimum atomic E-state index is -0.277. The molecule has 1 aliphatic carbocycles. The molecular formula is C16H21BrN2O. The van der Waals surface area contributed by atoms with Gasteiger partial charge < -0.3 is 10.6 Å². The zero-order valence-corrected chi connectivity index (χ0v) is 13.4. The highest BCUT2D eigenvalue weighted by Gasteiger charge is 2.51. The van der Waals surface area contributed by atoms with Crippen molar-refractivity contribution in [1.29, 1.82) is 0 Å². The molecule has 1 amide bonds. The third kappa shape index (κ3) is 2.63. The molecular weight excluding hydrogens is 316 g/mol. The summed E-state index contributed by atoms with van der Waals surface area (Å²) in [5.74, 6) is 0.759. The highest BCUT2D eigenvalue weighted by atomic mass is 79.9. The minimum absolute atomic E-state index is 0.205. The Kier molecular flexibility index (Phi) is 3.87. The molecule has 1 saturated heterocycles. The zero-order valence-electron chi connectivity index (χ0n) is 11.8. The maximum atomic E-state index is 12.7. The van der Waals surface area contributed by atoms with Gasteiger partial charge in [-0.2, -0.15) is 0 Å². The van der Waals surface area contributed by atoms with Crippen LogP contribution in [0.1, 0.15) is 31.7 Å². The molecule has 3 nitrogen and oxygen atoms in total. The van der Waals surface area contributed by atoms with Gasteiger partial charge in [0, 0.05) is 17.1 Å². The molecule has 2 atom stereocenters. The van der Waals surface area contributed by atoms with Crippen molar-refractivity contribution in [3.63, 3.8) is 0 Å². The maximum absolute atomic E-state index is 12.7. The number of benzene rings is 1. The topological polar surface area (TPSA) is 41.1 Å². The number of hydrogen-bond donors (Lipinski definition) is 2. The number of carbonyl (C=O) groups is 1. The molecule has 0 aromatic heterocycles. The van der Waals surface area contributed by atoms with Gasteiger partial charge in [-0.3, -0.25) is 4.79 Å². The Hall–Kier alpha value is -0.870. The van der Waals surface area contributed by atoms with Gasteiger partial charge in [-0.1, -0.05) is 35.0 Å². The van der Waals surface area contributed by atoms with Crippen molar-refractivity contribution >= 4 is 21.8 Å². The van der Waals surface area contributed by atoms with Crippen LogP contribution in [0.4, 0.5) is 0 Å². The Morgan fingerprint density at radius 1 is 1.45 bits per heavy atom. The molecule has 2 unspecified atom stereocenters. The lowest BCUT2D eigenvalue weighted by Gasteiger charge is -2.31. The minimum Gasteiger partial charge on any atom is -0.351 e. The monoisotopic (exact) mass is 336 g/mol. The third-order valence-corrected chi connectivity index (χ3v) is 5.20. The second-order valence-corrected chi connectivity index (χ2v) is 7.06. The van der Waals surface area contributed by atoms with Crippen molar-refractivity contribution in [2.24, 2.45) is 5.92 Å². The van der Waals surface area contributed by atoms with E-state index in [-0.39, 0.29) is 17.4 Å². The summed E-state index contributed by atoms with van der Waals surface area (Å²) >= 11 is 3.50. The van der Waals surface area contributed by atoms with E-state index in [4.69, 9.17) is 0 Å². The Morgan fingerprint density at radius 3 is 2.90 bits per heavy atom. The van der Waals surface area contributed by atoms with Gasteiger partial charge in [0.15, 0.2) is 0 Å². The number of halogens is 1. The fourth-order valence-electron chi connectivity index (χ4n) is 3.05. The van der Waals surface area contributed by atoms with Crippen molar-refractivity contribution in [3.05, 3.63) is 34.3 Å². The predicted molar refractivity (Wildman–Crippen MR) is 83.6 cm³/mol. The summed E-state index contributed by atoms with van der Waals surface area (Å²) in [5, 5.41) is 6.64. The summed E-state index contributed by atoms with van der Waals surface area (Å²) < 4.78 is 1.04. The average molecular weight is 337 g/mol. The lowest BCUT2D eigenvalue weighted by molar-refractivity contribution is -0.124. The van der Waals surface area contributed by atoms with Gasteiger partial charge in [0.2, 0.25) is 5.91 Å². The molecule has 0 radical (unpaired) electrons. The van der Waals surface area contributed by atoms with Crippen LogP contribution in [0.3, 0.4) is 0 Å². The number of nitrogens with one attached hydrogen (secondary N) is 2. The van der Waals surface area contributed by atoms with Crippen LogP contribution >= 0.6 is 15.9 Å². The van der Waals surface area contributed by atoms with Gasteiger partial charge in [0.1, 0.15) is 0 Å². The summed E-state index contributed by atoms with van der Waals surface area (Å²) in [6.07, 6.45) is 3.06. The van der Waals surface area contributed by atoms with Gasteiger partial charge in [0.05, 0.1) is 5.41 Å². The highest BCUT2D eigenvalue weighted by Crippen LogP contribution is 2.49. The Balaban J connectivity index is 1.73. The molecule has 1 heterocycles. The Morgan fingerprint density at radius 2 is 2.25 bits per heavy atom. The van der Waals surface area contributed by atoms with Crippen LogP contribution in [0.2, 0.25) is 0 Å². The lowest BCUT2D eigenvalue weighted by atomic mass is 9.91. The number of piperidine rings is 1. The first-order valence-corrected chi connectivity index (χ1v) is 8.19. The lowest BCUT2D eigenvalue weighted by Crippen LogP contribution is -2.52. The fourth-order valence-corrected chi connectivity index (χ4v) is 3.45. The van der Waals surface area contributed by atoms with Gasteiger partial charge in [-0.15, -0.1) is 0 Å². The quantitative estimate of drug-likeness (QED) is 0.890. The van der Waals surface area contributed by atoms with E-state index in [1.165, 1.54) is 0 Å². The van der Waals surface area contributed by atoms with E-state index >= 15 is 0 Å². The predicted octanol–water partition coefficient (Wildman–Crippen LogP) is 2.59. The van der Waals surface area contributed by atoms with Crippen molar-refractivity contribution in [3.8, 4) is 0 Å². The third-order valence-electron chi connectivity index (χ3n) is 4.71. The number of hydrogen-bond acceptors (Lipinski definition) is 2. The number of carbonyl (C=O) groups excluding carboxylic acids is 1. The van der Waals surface area contributed by atoms with Crippen LogP contribution in [-0.2, 0) is 10.2 Å². The maximum Gasteiger partial charge on any atom is 0.230 e. The normalized spacial score (nSPS) is 27.9. The van der Waals surface area contributed by atoms with Gasteiger partial charge >= 0.3 is 0 Å². The van der Waals surface area contributed by atoms with Crippen molar-refractivity contribution < 1.29 is 4.79 Å². The first-order chi connectivity index (χ1) is 9.62. The molecule has 108 valence electrons. The summed E-state index contributed by atoms with van der Waals surface area (Å²) in [7, 11) is 0. The number of amides is 1. The van der Waals surface area contributed by atoms with E-state index in [1.807, 2.05) is 12.1 Å². The fraction of sp³-hybridized carbons (Fsp3) is 0.562. The molecule has 2 fully saturated rings. The second kappa shape index (κ2) is 5.49. The molecule has 2 N–H and O–H groups in total. The van der Waals surface area contributed by atoms with Crippen LogP contribution in [-0.4, -0.2) is 25.0 Å². The smallest absolute Gasteiger partial charge is 0.230 e. The SMILES string of the molecule is CC1CCNCC1NC(=O)C1(c2cccc(Br)c2)CC1. The second-order valence-electron chi connectivity index (χ2n) is 6.14. The molecule has 2 aliphatic rings.